The van der Waals surface area contributed by atoms with Crippen molar-refractivity contribution >= 4 is 15.7 Å². The van der Waals surface area contributed by atoms with Gasteiger partial charge in [-0.05, 0) is 24.0 Å². The molecule has 1 fully saturated rings. The maximum atomic E-state index is 11.6. The van der Waals surface area contributed by atoms with Crippen molar-refractivity contribution in [3.63, 3.8) is 0 Å². The molecule has 0 unspecified atom stereocenters. The summed E-state index contributed by atoms with van der Waals surface area (Å²) in [7, 11) is -2.86. The summed E-state index contributed by atoms with van der Waals surface area (Å²) in [6, 6.07) is 7.96. The third-order valence-corrected chi connectivity index (χ3v) is 6.46. The Morgan fingerprint density at radius 1 is 1.25 bits per heavy atom. The molecule has 126 valence electrons. The van der Waals surface area contributed by atoms with Crippen LogP contribution in [0.2, 0.25) is 0 Å². The fraction of sp³-hybridized carbons (Fsp3) is 0.412. The number of benzene rings is 1. The van der Waals surface area contributed by atoms with Crippen LogP contribution in [0.15, 0.2) is 30.6 Å². The van der Waals surface area contributed by atoms with E-state index in [0.29, 0.717) is 31.7 Å². The number of sulfone groups is 1. The Morgan fingerprint density at radius 2 is 2.12 bits per heavy atom. The third kappa shape index (κ3) is 3.08. The Labute approximate surface area is 141 Å². The molecule has 2 aliphatic rings. The third-order valence-electron chi connectivity index (χ3n) is 4.62. The lowest BCUT2D eigenvalue weighted by molar-refractivity contribution is 0.302. The Kier molecular flexibility index (Phi) is 3.88. The molecule has 1 atom stereocenters. The zero-order valence-corrected chi connectivity index (χ0v) is 14.1. The SMILES string of the molecule is O=S1(=O)CC[C@H](CNc2ncnc3c2Cc2ccccc2OC3)C1. The molecular weight excluding hydrogens is 326 g/mol. The summed E-state index contributed by atoms with van der Waals surface area (Å²) in [5, 5.41) is 3.34. The van der Waals surface area contributed by atoms with Crippen LogP contribution in [-0.2, 0) is 22.9 Å². The average Bonchev–Trinajstić information content (AvgIpc) is 2.81. The van der Waals surface area contributed by atoms with Crippen molar-refractivity contribution in [1.82, 2.24) is 9.97 Å². The van der Waals surface area contributed by atoms with Gasteiger partial charge in [-0.15, -0.1) is 0 Å². The Balaban J connectivity index is 1.56. The molecule has 1 N–H and O–H groups in total. The van der Waals surface area contributed by atoms with Crippen LogP contribution in [0.1, 0.15) is 23.2 Å². The van der Waals surface area contributed by atoms with E-state index in [9.17, 15) is 8.42 Å². The van der Waals surface area contributed by atoms with Gasteiger partial charge in [0.05, 0.1) is 17.2 Å². The van der Waals surface area contributed by atoms with Gasteiger partial charge in [0, 0.05) is 18.5 Å². The van der Waals surface area contributed by atoms with E-state index in [2.05, 4.69) is 15.3 Å². The lowest BCUT2D eigenvalue weighted by atomic mass is 10.0. The molecule has 0 aliphatic carbocycles. The van der Waals surface area contributed by atoms with Crippen molar-refractivity contribution in [1.29, 1.82) is 0 Å². The largest absolute Gasteiger partial charge is 0.487 e. The molecule has 0 radical (unpaired) electrons. The van der Waals surface area contributed by atoms with E-state index >= 15 is 0 Å². The van der Waals surface area contributed by atoms with Crippen molar-refractivity contribution in [2.75, 3.05) is 23.4 Å². The van der Waals surface area contributed by atoms with Crippen LogP contribution in [0.5, 0.6) is 5.75 Å². The number of hydrogen-bond donors (Lipinski definition) is 1. The van der Waals surface area contributed by atoms with Gasteiger partial charge in [-0.3, -0.25) is 0 Å². The van der Waals surface area contributed by atoms with Gasteiger partial charge in [0.15, 0.2) is 9.84 Å². The molecule has 4 rings (SSSR count). The van der Waals surface area contributed by atoms with Crippen molar-refractivity contribution in [3.8, 4) is 5.75 Å². The zero-order chi connectivity index (χ0) is 16.6. The number of fused-ring (bicyclic) bond motifs is 2. The average molecular weight is 345 g/mol. The van der Waals surface area contributed by atoms with Gasteiger partial charge in [-0.25, -0.2) is 18.4 Å². The molecule has 3 heterocycles. The number of aromatic nitrogens is 2. The Bertz CT molecular complexity index is 867. The molecule has 0 bridgehead atoms. The predicted octanol–water partition coefficient (Wildman–Crippen LogP) is 1.81. The first-order valence-corrected chi connectivity index (χ1v) is 9.90. The summed E-state index contributed by atoms with van der Waals surface area (Å²) >= 11 is 0. The molecule has 2 aromatic rings. The quantitative estimate of drug-likeness (QED) is 0.914. The van der Waals surface area contributed by atoms with Crippen molar-refractivity contribution < 1.29 is 13.2 Å². The first kappa shape index (κ1) is 15.4. The molecule has 1 saturated heterocycles. The molecular formula is C17H19N3O3S. The fourth-order valence-corrected chi connectivity index (χ4v) is 5.17. The van der Waals surface area contributed by atoms with Crippen LogP contribution in [0.4, 0.5) is 5.82 Å². The minimum atomic E-state index is -2.86. The number of anilines is 1. The topological polar surface area (TPSA) is 81.2 Å². The predicted molar refractivity (Wildman–Crippen MR) is 90.9 cm³/mol. The number of ether oxygens (including phenoxy) is 1. The molecule has 2 aliphatic heterocycles. The van der Waals surface area contributed by atoms with Crippen LogP contribution in [-0.4, -0.2) is 36.4 Å². The summed E-state index contributed by atoms with van der Waals surface area (Å²) in [5.74, 6) is 2.37. The number of rotatable bonds is 3. The molecule has 1 aromatic heterocycles. The highest BCUT2D eigenvalue weighted by Crippen LogP contribution is 2.30. The lowest BCUT2D eigenvalue weighted by Gasteiger charge is -2.14. The van der Waals surface area contributed by atoms with Gasteiger partial charge in [0.25, 0.3) is 0 Å². The molecule has 6 nitrogen and oxygen atoms in total. The second kappa shape index (κ2) is 6.05. The highest BCUT2D eigenvalue weighted by Gasteiger charge is 2.28. The molecule has 24 heavy (non-hydrogen) atoms. The van der Waals surface area contributed by atoms with E-state index in [1.807, 2.05) is 24.3 Å². The number of para-hydroxylation sites is 1. The lowest BCUT2D eigenvalue weighted by Crippen LogP contribution is -2.18. The van der Waals surface area contributed by atoms with Gasteiger partial charge >= 0.3 is 0 Å². The number of hydrogen-bond acceptors (Lipinski definition) is 6. The standard InChI is InChI=1S/C17H19N3O3S/c21-24(22)6-5-12(10-24)8-18-17-14-7-13-3-1-2-4-16(13)23-9-15(14)19-11-20-17/h1-4,11-12H,5-10H2,(H,18,19,20)/t12-/m1/s1. The molecule has 0 spiro atoms. The monoisotopic (exact) mass is 345 g/mol. The summed E-state index contributed by atoms with van der Waals surface area (Å²) in [5.41, 5.74) is 3.02. The van der Waals surface area contributed by atoms with Crippen molar-refractivity contribution in [3.05, 3.63) is 47.4 Å². The van der Waals surface area contributed by atoms with Crippen LogP contribution in [0.3, 0.4) is 0 Å². The minimum absolute atomic E-state index is 0.148. The normalized spacial score (nSPS) is 21.2. The van der Waals surface area contributed by atoms with Gasteiger partial charge < -0.3 is 10.1 Å². The molecule has 1 aromatic carbocycles. The van der Waals surface area contributed by atoms with Crippen LogP contribution in [0, 0.1) is 5.92 Å². The van der Waals surface area contributed by atoms with E-state index in [1.165, 1.54) is 6.33 Å². The van der Waals surface area contributed by atoms with Crippen LogP contribution >= 0.6 is 0 Å². The maximum Gasteiger partial charge on any atom is 0.150 e. The van der Waals surface area contributed by atoms with E-state index in [4.69, 9.17) is 4.74 Å². The summed E-state index contributed by atoms with van der Waals surface area (Å²) in [6.45, 7) is 1.03. The highest BCUT2D eigenvalue weighted by molar-refractivity contribution is 7.91. The molecule has 7 heteroatoms. The number of nitrogens with one attached hydrogen (secondary N) is 1. The van der Waals surface area contributed by atoms with Crippen molar-refractivity contribution in [2.45, 2.75) is 19.4 Å². The van der Waals surface area contributed by atoms with Crippen LogP contribution < -0.4 is 10.1 Å². The van der Waals surface area contributed by atoms with Gasteiger partial charge in [0.2, 0.25) is 0 Å². The summed E-state index contributed by atoms with van der Waals surface area (Å²) < 4.78 is 29.0. The highest BCUT2D eigenvalue weighted by atomic mass is 32.2. The first-order valence-electron chi connectivity index (χ1n) is 8.08. The smallest absolute Gasteiger partial charge is 0.150 e. The summed E-state index contributed by atoms with van der Waals surface area (Å²) in [6.07, 6.45) is 2.96. The van der Waals surface area contributed by atoms with Crippen LogP contribution in [0.25, 0.3) is 0 Å². The van der Waals surface area contributed by atoms with E-state index < -0.39 is 9.84 Å². The van der Waals surface area contributed by atoms with Crippen molar-refractivity contribution in [2.24, 2.45) is 5.92 Å². The molecule has 0 saturated carbocycles. The fourth-order valence-electron chi connectivity index (χ4n) is 3.31. The molecule has 0 amide bonds. The van der Waals surface area contributed by atoms with E-state index in [1.54, 1.807) is 0 Å². The second-order valence-corrected chi connectivity index (χ2v) is 8.60. The minimum Gasteiger partial charge on any atom is -0.487 e. The maximum absolute atomic E-state index is 11.6. The Hall–Kier alpha value is -2.15. The van der Waals surface area contributed by atoms with Gasteiger partial charge in [-0.1, -0.05) is 18.2 Å². The Morgan fingerprint density at radius 3 is 2.96 bits per heavy atom. The first-order chi connectivity index (χ1) is 11.6. The zero-order valence-electron chi connectivity index (χ0n) is 13.2. The van der Waals surface area contributed by atoms with E-state index in [0.717, 1.165) is 28.4 Å². The summed E-state index contributed by atoms with van der Waals surface area (Å²) in [4.78, 5) is 8.73. The second-order valence-electron chi connectivity index (χ2n) is 6.37. The van der Waals surface area contributed by atoms with Gasteiger partial charge in [-0.2, -0.15) is 0 Å². The van der Waals surface area contributed by atoms with Gasteiger partial charge in [0.1, 0.15) is 24.5 Å². The number of nitrogens with zero attached hydrogens (tertiary/aromatic N) is 2. The van der Waals surface area contributed by atoms with E-state index in [-0.39, 0.29) is 11.7 Å².